The van der Waals surface area contributed by atoms with E-state index in [0.29, 0.717) is 12.0 Å². The van der Waals surface area contributed by atoms with Gasteiger partial charge in [0.1, 0.15) is 0 Å². The summed E-state index contributed by atoms with van der Waals surface area (Å²) < 4.78 is 1.47. The van der Waals surface area contributed by atoms with E-state index < -0.39 is 0 Å². The van der Waals surface area contributed by atoms with Crippen LogP contribution < -0.4 is 21.9 Å². The molecule has 1 amide bonds. The number of nitrogens with one attached hydrogen (secondary N) is 3. The largest absolute Gasteiger partial charge is 0.352 e. The highest BCUT2D eigenvalue weighted by Gasteiger charge is 2.23. The molecule has 0 bridgehead atoms. The summed E-state index contributed by atoms with van der Waals surface area (Å²) in [4.78, 5) is 23.9. The molecule has 1 aliphatic rings. The van der Waals surface area contributed by atoms with Crippen molar-refractivity contribution in [3.63, 3.8) is 0 Å². The first kappa shape index (κ1) is 13.2. The first-order valence-corrected chi connectivity index (χ1v) is 6.50. The summed E-state index contributed by atoms with van der Waals surface area (Å²) in [5.74, 6) is 5.96. The normalized spacial score (nSPS) is 13.8. The number of rotatable bonds is 6. The Balaban J connectivity index is 1.71. The van der Waals surface area contributed by atoms with Gasteiger partial charge in [0.05, 0.1) is 6.54 Å². The molecule has 1 saturated carbocycles. The molecule has 10 nitrogen and oxygen atoms in total. The minimum Gasteiger partial charge on any atom is -0.352 e. The maximum atomic E-state index is 11.6. The van der Waals surface area contributed by atoms with Gasteiger partial charge in [0, 0.05) is 18.4 Å². The molecule has 2 aromatic rings. The van der Waals surface area contributed by atoms with Gasteiger partial charge in [0.15, 0.2) is 0 Å². The van der Waals surface area contributed by atoms with Crippen LogP contribution in [0.1, 0.15) is 12.8 Å². The fraction of sp³-hybridized carbons (Fsp3) is 0.364. The molecular weight excluding hydrogens is 274 g/mol. The lowest BCUT2D eigenvalue weighted by molar-refractivity contribution is -0.119. The van der Waals surface area contributed by atoms with E-state index in [2.05, 4.69) is 36.1 Å². The van der Waals surface area contributed by atoms with E-state index in [9.17, 15) is 4.79 Å². The number of carbonyl (C=O) groups is 1. The van der Waals surface area contributed by atoms with Gasteiger partial charge in [0.25, 0.3) is 5.95 Å². The van der Waals surface area contributed by atoms with Gasteiger partial charge in [-0.2, -0.15) is 20.1 Å². The molecule has 0 saturated heterocycles. The maximum absolute atomic E-state index is 11.6. The minimum atomic E-state index is -0.0965. The molecule has 0 radical (unpaired) electrons. The SMILES string of the molecule is NNc1nc(NCC(=O)NC2CC2)nc(-n2cccn2)n1. The number of anilines is 2. The molecule has 10 heteroatoms. The standard InChI is InChI=1S/C11H15N9O/c12-19-10-16-9(13-6-8(21)15-7-2-3-7)17-11(18-10)20-5-1-4-14-20/h1,4-5,7H,2-3,6,12H2,(H,15,21)(H2,13,16,17,18,19). The fourth-order valence-corrected chi connectivity index (χ4v) is 1.66. The molecule has 2 heterocycles. The summed E-state index contributed by atoms with van der Waals surface area (Å²) >= 11 is 0. The molecule has 0 spiro atoms. The van der Waals surface area contributed by atoms with E-state index in [0.717, 1.165) is 12.8 Å². The molecule has 3 rings (SSSR count). The predicted octanol–water partition coefficient (Wildman–Crippen LogP) is -0.967. The average molecular weight is 289 g/mol. The monoisotopic (exact) mass is 289 g/mol. The number of nitrogen functional groups attached to an aromatic ring is 1. The van der Waals surface area contributed by atoms with Gasteiger partial charge in [-0.05, 0) is 18.9 Å². The Hall–Kier alpha value is -2.75. The van der Waals surface area contributed by atoms with Gasteiger partial charge in [-0.3, -0.25) is 10.2 Å². The van der Waals surface area contributed by atoms with Crippen LogP contribution >= 0.6 is 0 Å². The highest BCUT2D eigenvalue weighted by molar-refractivity contribution is 5.80. The van der Waals surface area contributed by atoms with Crippen LogP contribution in [0, 0.1) is 0 Å². The van der Waals surface area contributed by atoms with Gasteiger partial charge in [0.2, 0.25) is 17.8 Å². The van der Waals surface area contributed by atoms with Crippen LogP contribution in [0.25, 0.3) is 5.95 Å². The van der Waals surface area contributed by atoms with Crippen LogP contribution in [-0.4, -0.2) is 43.2 Å². The Bertz CT molecular complexity index is 623. The Morgan fingerprint density at radius 2 is 2.14 bits per heavy atom. The van der Waals surface area contributed by atoms with E-state index >= 15 is 0 Å². The second-order valence-electron chi connectivity index (χ2n) is 4.57. The minimum absolute atomic E-state index is 0.0864. The number of amides is 1. The molecule has 2 aromatic heterocycles. The number of hydrazine groups is 1. The third kappa shape index (κ3) is 3.42. The van der Waals surface area contributed by atoms with E-state index in [1.165, 1.54) is 4.68 Å². The van der Waals surface area contributed by atoms with Gasteiger partial charge < -0.3 is 10.6 Å². The lowest BCUT2D eigenvalue weighted by Gasteiger charge is -2.08. The molecule has 0 aliphatic heterocycles. The summed E-state index contributed by atoms with van der Waals surface area (Å²) in [6, 6.07) is 2.06. The smallest absolute Gasteiger partial charge is 0.257 e. The molecule has 1 fully saturated rings. The molecule has 5 N–H and O–H groups in total. The summed E-state index contributed by atoms with van der Waals surface area (Å²) in [6.07, 6.45) is 5.39. The van der Waals surface area contributed by atoms with E-state index in [1.54, 1.807) is 18.5 Å². The van der Waals surface area contributed by atoms with Crippen molar-refractivity contribution < 1.29 is 4.79 Å². The Labute approximate surface area is 120 Å². The molecule has 21 heavy (non-hydrogen) atoms. The summed E-state index contributed by atoms with van der Waals surface area (Å²) in [5.41, 5.74) is 2.36. The highest BCUT2D eigenvalue weighted by Crippen LogP contribution is 2.18. The van der Waals surface area contributed by atoms with Crippen molar-refractivity contribution in [1.29, 1.82) is 0 Å². The Kier molecular flexibility index (Phi) is 3.60. The predicted molar refractivity (Wildman–Crippen MR) is 74.4 cm³/mol. The van der Waals surface area contributed by atoms with Crippen LogP contribution in [-0.2, 0) is 4.79 Å². The number of aromatic nitrogens is 5. The summed E-state index contributed by atoms with van der Waals surface area (Å²) in [6.45, 7) is 0.0864. The van der Waals surface area contributed by atoms with Crippen LogP contribution in [0.2, 0.25) is 0 Å². The van der Waals surface area contributed by atoms with E-state index in [-0.39, 0.29) is 24.3 Å². The maximum Gasteiger partial charge on any atom is 0.257 e. The molecular formula is C11H15N9O. The quantitative estimate of drug-likeness (QED) is 0.394. The zero-order chi connectivity index (χ0) is 14.7. The number of carbonyl (C=O) groups excluding carboxylic acids is 1. The summed E-state index contributed by atoms with van der Waals surface area (Å²) in [5, 5.41) is 9.74. The van der Waals surface area contributed by atoms with Crippen molar-refractivity contribution >= 4 is 17.8 Å². The van der Waals surface area contributed by atoms with Gasteiger partial charge >= 0.3 is 0 Å². The van der Waals surface area contributed by atoms with E-state index in [1.807, 2.05) is 0 Å². The van der Waals surface area contributed by atoms with Crippen molar-refractivity contribution in [3.8, 4) is 5.95 Å². The molecule has 0 aromatic carbocycles. The first-order chi connectivity index (χ1) is 10.2. The third-order valence-corrected chi connectivity index (χ3v) is 2.81. The zero-order valence-corrected chi connectivity index (χ0v) is 11.2. The van der Waals surface area contributed by atoms with E-state index in [4.69, 9.17) is 5.84 Å². The van der Waals surface area contributed by atoms with Crippen LogP contribution in [0.4, 0.5) is 11.9 Å². The van der Waals surface area contributed by atoms with Crippen LogP contribution in [0.15, 0.2) is 18.5 Å². The van der Waals surface area contributed by atoms with Crippen molar-refractivity contribution in [1.82, 2.24) is 30.0 Å². The zero-order valence-electron chi connectivity index (χ0n) is 11.2. The van der Waals surface area contributed by atoms with Crippen LogP contribution in [0.3, 0.4) is 0 Å². The van der Waals surface area contributed by atoms with Gasteiger partial charge in [-0.25, -0.2) is 10.5 Å². The van der Waals surface area contributed by atoms with Gasteiger partial charge in [-0.15, -0.1) is 0 Å². The first-order valence-electron chi connectivity index (χ1n) is 6.50. The Morgan fingerprint density at radius 3 is 2.81 bits per heavy atom. The van der Waals surface area contributed by atoms with Gasteiger partial charge in [-0.1, -0.05) is 0 Å². The average Bonchev–Trinajstić information content (AvgIpc) is 3.14. The van der Waals surface area contributed by atoms with Crippen molar-refractivity contribution in [2.75, 3.05) is 17.3 Å². The molecule has 0 atom stereocenters. The fourth-order valence-electron chi connectivity index (χ4n) is 1.66. The number of hydrogen-bond donors (Lipinski definition) is 4. The Morgan fingerprint density at radius 1 is 1.33 bits per heavy atom. The lowest BCUT2D eigenvalue weighted by Crippen LogP contribution is -2.32. The topological polar surface area (TPSA) is 136 Å². The van der Waals surface area contributed by atoms with Crippen molar-refractivity contribution in [3.05, 3.63) is 18.5 Å². The number of nitrogens with zero attached hydrogens (tertiary/aromatic N) is 5. The second kappa shape index (κ2) is 5.71. The number of hydrogen-bond acceptors (Lipinski definition) is 8. The number of nitrogens with two attached hydrogens (primary N) is 1. The van der Waals surface area contributed by atoms with Crippen molar-refractivity contribution in [2.45, 2.75) is 18.9 Å². The van der Waals surface area contributed by atoms with Crippen molar-refractivity contribution in [2.24, 2.45) is 5.84 Å². The molecule has 110 valence electrons. The third-order valence-electron chi connectivity index (χ3n) is 2.81. The second-order valence-corrected chi connectivity index (χ2v) is 4.57. The highest BCUT2D eigenvalue weighted by atomic mass is 16.2. The lowest BCUT2D eigenvalue weighted by atomic mass is 10.5. The molecule has 1 aliphatic carbocycles. The summed E-state index contributed by atoms with van der Waals surface area (Å²) in [7, 11) is 0. The molecule has 0 unspecified atom stereocenters. The van der Waals surface area contributed by atoms with Crippen LogP contribution in [0.5, 0.6) is 0 Å².